The van der Waals surface area contributed by atoms with Crippen molar-refractivity contribution in [2.75, 3.05) is 0 Å². The van der Waals surface area contributed by atoms with E-state index < -0.39 is 0 Å². The standard InChI is InChI=1S/C51H43N3/c1-38(13-8-9-14-39-24-29-45(30-25-39)49-21-11-10-20-48(49)44-17-6-3-7-18-44)51(52)54-50(46-33-31-42(32-34-46)41-15-4-2-5-16-41)35-26-40-22-27-43(28-23-40)47-19-12-36-53-37-47/h2-18,20-37,47-49,52H,1,19H2/b13-8-,14-9+,35-26+,52-51?,54-50+. The Labute approximate surface area is 319 Å². The van der Waals surface area contributed by atoms with E-state index in [1.807, 2.05) is 61.0 Å². The van der Waals surface area contributed by atoms with Crippen molar-refractivity contribution < 1.29 is 0 Å². The Kier molecular flexibility index (Phi) is 11.7. The van der Waals surface area contributed by atoms with Gasteiger partial charge in [0.05, 0.1) is 5.71 Å². The maximum Gasteiger partial charge on any atom is 0.151 e. The van der Waals surface area contributed by atoms with Crippen LogP contribution in [0.2, 0.25) is 0 Å². The molecule has 1 aliphatic carbocycles. The molecule has 0 spiro atoms. The maximum atomic E-state index is 8.85. The fourth-order valence-corrected chi connectivity index (χ4v) is 6.75. The van der Waals surface area contributed by atoms with Gasteiger partial charge in [-0.3, -0.25) is 10.4 Å². The van der Waals surface area contributed by atoms with E-state index in [-0.39, 0.29) is 5.84 Å². The molecule has 262 valence electrons. The Hall–Kier alpha value is -6.71. The molecule has 1 N–H and O–H groups in total. The van der Waals surface area contributed by atoms with Crippen molar-refractivity contribution >= 4 is 29.9 Å². The van der Waals surface area contributed by atoms with E-state index in [4.69, 9.17) is 10.4 Å². The summed E-state index contributed by atoms with van der Waals surface area (Å²) < 4.78 is 0. The number of nitrogens with zero attached hydrogens (tertiary/aromatic N) is 2. The van der Waals surface area contributed by atoms with Crippen LogP contribution in [0.3, 0.4) is 0 Å². The number of rotatable bonds is 11. The van der Waals surface area contributed by atoms with Crippen LogP contribution in [0.4, 0.5) is 0 Å². The largest absolute Gasteiger partial charge is 0.282 e. The zero-order valence-electron chi connectivity index (χ0n) is 30.2. The van der Waals surface area contributed by atoms with Gasteiger partial charge in [0, 0.05) is 41.3 Å². The number of benzene rings is 5. The Balaban J connectivity index is 1.04. The second-order valence-electron chi connectivity index (χ2n) is 13.5. The Bertz CT molecular complexity index is 2300. The van der Waals surface area contributed by atoms with Gasteiger partial charge in [-0.15, -0.1) is 0 Å². The lowest BCUT2D eigenvalue weighted by Crippen LogP contribution is -2.09. The van der Waals surface area contributed by atoms with Crippen LogP contribution in [0.25, 0.3) is 23.3 Å². The van der Waals surface area contributed by atoms with Crippen molar-refractivity contribution in [3.8, 4) is 11.1 Å². The molecule has 0 amide bonds. The van der Waals surface area contributed by atoms with E-state index in [1.54, 1.807) is 0 Å². The highest BCUT2D eigenvalue weighted by Gasteiger charge is 2.21. The fraction of sp³-hybridized carbons (Fsp3) is 0.0784. The van der Waals surface area contributed by atoms with Crippen LogP contribution >= 0.6 is 0 Å². The molecule has 5 aromatic rings. The normalized spacial score (nSPS) is 18.2. The van der Waals surface area contributed by atoms with Crippen LogP contribution in [-0.4, -0.2) is 17.8 Å². The molecule has 7 rings (SSSR count). The molecule has 3 atom stereocenters. The third-order valence-corrected chi connectivity index (χ3v) is 9.81. The van der Waals surface area contributed by atoms with Crippen molar-refractivity contribution in [1.82, 2.24) is 0 Å². The second-order valence-corrected chi connectivity index (χ2v) is 13.5. The molecule has 5 aromatic carbocycles. The molecule has 3 heteroatoms. The highest BCUT2D eigenvalue weighted by Crippen LogP contribution is 2.37. The van der Waals surface area contributed by atoms with E-state index in [0.717, 1.165) is 34.2 Å². The Morgan fingerprint density at radius 2 is 1.22 bits per heavy atom. The number of hydrogen-bond acceptors (Lipinski definition) is 2. The molecule has 1 heterocycles. The average molecular weight is 698 g/mol. The first kappa shape index (κ1) is 35.7. The van der Waals surface area contributed by atoms with Crippen LogP contribution in [0.15, 0.2) is 216 Å². The summed E-state index contributed by atoms with van der Waals surface area (Å²) in [4.78, 5) is 9.09. The van der Waals surface area contributed by atoms with E-state index in [0.29, 0.717) is 29.0 Å². The zero-order valence-corrected chi connectivity index (χ0v) is 30.2. The molecule has 0 radical (unpaired) electrons. The minimum absolute atomic E-state index is 0.110. The summed E-state index contributed by atoms with van der Waals surface area (Å²) in [7, 11) is 0. The summed E-state index contributed by atoms with van der Waals surface area (Å²) in [5, 5.41) is 8.85. The van der Waals surface area contributed by atoms with Crippen LogP contribution in [0, 0.1) is 5.41 Å². The first-order valence-electron chi connectivity index (χ1n) is 18.4. The summed E-state index contributed by atoms with van der Waals surface area (Å²) in [6.07, 6.45) is 27.6. The Morgan fingerprint density at radius 1 is 0.630 bits per heavy atom. The number of nitrogens with one attached hydrogen (secondary N) is 1. The summed E-state index contributed by atoms with van der Waals surface area (Å²) in [5.74, 6) is 1.03. The summed E-state index contributed by atoms with van der Waals surface area (Å²) in [6, 6.07) is 46.6. The van der Waals surface area contributed by atoms with Crippen molar-refractivity contribution in [3.05, 3.63) is 240 Å². The van der Waals surface area contributed by atoms with Crippen LogP contribution in [0.1, 0.15) is 57.6 Å². The molecule has 0 aromatic heterocycles. The zero-order chi connectivity index (χ0) is 37.0. The van der Waals surface area contributed by atoms with Crippen molar-refractivity contribution in [2.24, 2.45) is 9.98 Å². The maximum absolute atomic E-state index is 8.85. The molecule has 2 aliphatic rings. The molecule has 3 nitrogen and oxygen atoms in total. The lowest BCUT2D eigenvalue weighted by Gasteiger charge is -2.25. The molecule has 0 saturated carbocycles. The van der Waals surface area contributed by atoms with Crippen LogP contribution in [0.5, 0.6) is 0 Å². The van der Waals surface area contributed by atoms with Gasteiger partial charge in [0.25, 0.3) is 0 Å². The first-order chi connectivity index (χ1) is 26.6. The third-order valence-electron chi connectivity index (χ3n) is 9.81. The van der Waals surface area contributed by atoms with Gasteiger partial charge in [0.15, 0.2) is 5.84 Å². The summed E-state index contributed by atoms with van der Waals surface area (Å²) in [5.41, 5.74) is 10.4. The number of amidine groups is 1. The molecule has 0 fully saturated rings. The molecular formula is C51H43N3. The quantitative estimate of drug-likeness (QED) is 0.0811. The van der Waals surface area contributed by atoms with E-state index in [2.05, 4.69) is 163 Å². The van der Waals surface area contributed by atoms with E-state index in [1.165, 1.54) is 16.7 Å². The van der Waals surface area contributed by atoms with Crippen LogP contribution < -0.4 is 0 Å². The van der Waals surface area contributed by atoms with Crippen molar-refractivity contribution in [1.29, 1.82) is 5.41 Å². The monoisotopic (exact) mass is 697 g/mol. The highest BCUT2D eigenvalue weighted by atomic mass is 14.8. The minimum Gasteiger partial charge on any atom is -0.282 e. The molecule has 3 unspecified atom stereocenters. The molecule has 1 aliphatic heterocycles. The predicted octanol–water partition coefficient (Wildman–Crippen LogP) is 12.7. The number of hydrogen-bond donors (Lipinski definition) is 1. The van der Waals surface area contributed by atoms with E-state index in [9.17, 15) is 0 Å². The highest BCUT2D eigenvalue weighted by molar-refractivity contribution is 6.18. The lowest BCUT2D eigenvalue weighted by molar-refractivity contribution is 0.730. The summed E-state index contributed by atoms with van der Waals surface area (Å²) >= 11 is 0. The molecule has 0 saturated heterocycles. The number of allylic oxidation sites excluding steroid dienone is 8. The first-order valence-corrected chi connectivity index (χ1v) is 18.4. The average Bonchev–Trinajstić information content (AvgIpc) is 3.25. The fourth-order valence-electron chi connectivity index (χ4n) is 6.75. The van der Waals surface area contributed by atoms with Gasteiger partial charge in [-0.25, -0.2) is 4.99 Å². The van der Waals surface area contributed by atoms with Gasteiger partial charge in [-0.05, 0) is 51.4 Å². The van der Waals surface area contributed by atoms with Crippen molar-refractivity contribution in [3.63, 3.8) is 0 Å². The number of aliphatic imine (C=N–C) groups is 2. The van der Waals surface area contributed by atoms with Gasteiger partial charge in [-0.2, -0.15) is 0 Å². The van der Waals surface area contributed by atoms with Gasteiger partial charge >= 0.3 is 0 Å². The predicted molar refractivity (Wildman–Crippen MR) is 231 cm³/mol. The van der Waals surface area contributed by atoms with Gasteiger partial charge in [0.1, 0.15) is 0 Å². The van der Waals surface area contributed by atoms with Gasteiger partial charge < -0.3 is 0 Å². The smallest absolute Gasteiger partial charge is 0.151 e. The SMILES string of the molecule is C=C(/C=C\C=C\c1ccc(C2C=CC=CC2c2ccccc2)cc1)C(=N)/N=C(\C=C\c1ccc(C2C=NC=CC2)cc1)c1ccc(-c2ccccc2)cc1. The Morgan fingerprint density at radius 3 is 1.87 bits per heavy atom. The molecular weight excluding hydrogens is 655 g/mol. The molecule has 0 bridgehead atoms. The summed E-state index contributed by atoms with van der Waals surface area (Å²) in [6.45, 7) is 4.16. The third kappa shape index (κ3) is 9.20. The topological polar surface area (TPSA) is 48.6 Å². The van der Waals surface area contributed by atoms with E-state index >= 15 is 0 Å². The minimum atomic E-state index is 0.110. The second kappa shape index (κ2) is 17.7. The van der Waals surface area contributed by atoms with Gasteiger partial charge in [-0.1, -0.05) is 201 Å². The van der Waals surface area contributed by atoms with Gasteiger partial charge in [0.2, 0.25) is 0 Å². The van der Waals surface area contributed by atoms with Crippen molar-refractivity contribution in [2.45, 2.75) is 24.2 Å². The lowest BCUT2D eigenvalue weighted by atomic mass is 9.79. The molecule has 54 heavy (non-hydrogen) atoms. The van der Waals surface area contributed by atoms with Crippen LogP contribution in [-0.2, 0) is 0 Å².